The molecular formula is C24H24ClF3N6O2. The van der Waals surface area contributed by atoms with E-state index < -0.39 is 17.7 Å². The van der Waals surface area contributed by atoms with Crippen molar-refractivity contribution in [3.05, 3.63) is 64.3 Å². The molecule has 4 heterocycles. The van der Waals surface area contributed by atoms with Crippen molar-refractivity contribution in [2.75, 3.05) is 18.0 Å². The molecule has 1 aromatic carbocycles. The lowest BCUT2D eigenvalue weighted by atomic mass is 9.86. The minimum atomic E-state index is -4.95. The molecule has 1 aliphatic heterocycles. The zero-order valence-corrected chi connectivity index (χ0v) is 20.8. The molecule has 0 spiro atoms. The SMILES string of the molecule is Cc1ncc(C(O)(c2ccc3nc(Cl)c(OC(F)(F)F)c(N4CCC4)c3c2)c2cnc(C)n2C)n1C. The summed E-state index contributed by atoms with van der Waals surface area (Å²) in [5.74, 6) is 0.808. The van der Waals surface area contributed by atoms with Crippen molar-refractivity contribution in [1.29, 1.82) is 0 Å². The molecule has 0 unspecified atom stereocenters. The summed E-state index contributed by atoms with van der Waals surface area (Å²) in [5.41, 5.74) is 0.204. The number of ether oxygens (including phenoxy) is 1. The van der Waals surface area contributed by atoms with Gasteiger partial charge in [-0.1, -0.05) is 17.7 Å². The van der Waals surface area contributed by atoms with Gasteiger partial charge in [0, 0.05) is 32.6 Å². The van der Waals surface area contributed by atoms with Crippen molar-refractivity contribution in [3.8, 4) is 5.75 Å². The Balaban J connectivity index is 1.82. The van der Waals surface area contributed by atoms with Crippen LogP contribution in [0.4, 0.5) is 18.9 Å². The molecule has 1 saturated heterocycles. The first-order chi connectivity index (χ1) is 16.9. The quantitative estimate of drug-likeness (QED) is 0.394. The van der Waals surface area contributed by atoms with E-state index in [0.29, 0.717) is 52.6 Å². The topological polar surface area (TPSA) is 81.2 Å². The summed E-state index contributed by atoms with van der Waals surface area (Å²) in [6.07, 6.45) is -0.971. The van der Waals surface area contributed by atoms with Gasteiger partial charge in [-0.2, -0.15) is 0 Å². The van der Waals surface area contributed by atoms with E-state index in [1.807, 2.05) is 13.8 Å². The minimum Gasteiger partial charge on any atom is -0.400 e. The van der Waals surface area contributed by atoms with Crippen molar-refractivity contribution in [2.24, 2.45) is 14.1 Å². The number of aryl methyl sites for hydroxylation is 2. The second-order valence-corrected chi connectivity index (χ2v) is 9.27. The molecule has 1 aliphatic rings. The van der Waals surface area contributed by atoms with Gasteiger partial charge in [0.15, 0.2) is 16.5 Å². The fraction of sp³-hybridized carbons (Fsp3) is 0.375. The van der Waals surface area contributed by atoms with Crippen LogP contribution in [0.3, 0.4) is 0 Å². The maximum Gasteiger partial charge on any atom is 0.573 e. The average molecular weight is 521 g/mol. The van der Waals surface area contributed by atoms with E-state index in [9.17, 15) is 18.3 Å². The third-order valence-corrected chi connectivity index (χ3v) is 7.12. The summed E-state index contributed by atoms with van der Waals surface area (Å²) in [6.45, 7) is 4.71. The van der Waals surface area contributed by atoms with Gasteiger partial charge in [0.1, 0.15) is 11.6 Å². The van der Waals surface area contributed by atoms with Gasteiger partial charge in [0.25, 0.3) is 0 Å². The summed E-state index contributed by atoms with van der Waals surface area (Å²) >= 11 is 6.17. The normalized spacial score (nSPS) is 14.4. The molecule has 0 amide bonds. The number of imidazole rings is 2. The van der Waals surface area contributed by atoms with E-state index in [2.05, 4.69) is 19.7 Å². The van der Waals surface area contributed by atoms with Crippen molar-refractivity contribution < 1.29 is 23.0 Å². The molecule has 8 nitrogen and oxygen atoms in total. The van der Waals surface area contributed by atoms with Crippen LogP contribution in [0, 0.1) is 13.8 Å². The zero-order chi connectivity index (χ0) is 26.0. The average Bonchev–Trinajstić information content (AvgIpc) is 3.29. The van der Waals surface area contributed by atoms with Crippen LogP contribution in [-0.2, 0) is 19.7 Å². The van der Waals surface area contributed by atoms with Gasteiger partial charge >= 0.3 is 6.36 Å². The second kappa shape index (κ2) is 8.38. The zero-order valence-electron chi connectivity index (χ0n) is 20.1. The maximum absolute atomic E-state index is 13.3. The van der Waals surface area contributed by atoms with E-state index in [1.165, 1.54) is 0 Å². The first kappa shape index (κ1) is 24.4. The van der Waals surface area contributed by atoms with Crippen molar-refractivity contribution >= 4 is 28.2 Å². The largest absolute Gasteiger partial charge is 0.573 e. The first-order valence-electron chi connectivity index (χ1n) is 11.3. The van der Waals surface area contributed by atoms with Gasteiger partial charge in [0.05, 0.1) is 35.0 Å². The molecule has 0 atom stereocenters. The number of hydrogen-bond donors (Lipinski definition) is 1. The molecule has 190 valence electrons. The lowest BCUT2D eigenvalue weighted by Crippen LogP contribution is -2.38. The minimum absolute atomic E-state index is 0.195. The van der Waals surface area contributed by atoms with E-state index in [1.54, 1.807) is 58.7 Å². The Hall–Kier alpha value is -3.31. The number of benzene rings is 1. The number of hydrogen-bond acceptors (Lipinski definition) is 6. The lowest BCUT2D eigenvalue weighted by Gasteiger charge is -2.36. The maximum atomic E-state index is 13.3. The highest BCUT2D eigenvalue weighted by Crippen LogP contribution is 2.46. The van der Waals surface area contributed by atoms with Gasteiger partial charge in [-0.05, 0) is 38.0 Å². The van der Waals surface area contributed by atoms with Crippen LogP contribution in [0.15, 0.2) is 30.6 Å². The molecular weight excluding hydrogens is 497 g/mol. The molecule has 3 aromatic heterocycles. The number of aliphatic hydroxyl groups is 1. The Morgan fingerprint density at radius 3 is 2.03 bits per heavy atom. The van der Waals surface area contributed by atoms with Crippen molar-refractivity contribution in [2.45, 2.75) is 32.2 Å². The Kier molecular flexibility index (Phi) is 5.68. The Labute approximate surface area is 209 Å². The van der Waals surface area contributed by atoms with Gasteiger partial charge in [-0.25, -0.2) is 15.0 Å². The summed E-state index contributed by atoms with van der Waals surface area (Å²) in [7, 11) is 3.57. The van der Waals surface area contributed by atoms with Crippen LogP contribution in [0.1, 0.15) is 35.0 Å². The first-order valence-corrected chi connectivity index (χ1v) is 11.6. The van der Waals surface area contributed by atoms with Gasteiger partial charge < -0.3 is 23.9 Å². The van der Waals surface area contributed by atoms with Gasteiger partial charge in [-0.15, -0.1) is 13.2 Å². The second-order valence-electron chi connectivity index (χ2n) is 8.91. The van der Waals surface area contributed by atoms with Gasteiger partial charge in [0.2, 0.25) is 0 Å². The summed E-state index contributed by atoms with van der Waals surface area (Å²) in [6, 6.07) is 4.95. The third-order valence-electron chi connectivity index (χ3n) is 6.86. The molecule has 0 saturated carbocycles. The number of fused-ring (bicyclic) bond motifs is 1. The number of halogens is 4. The number of nitrogens with zero attached hydrogens (tertiary/aromatic N) is 6. The van der Waals surface area contributed by atoms with Crippen LogP contribution < -0.4 is 9.64 Å². The van der Waals surface area contributed by atoms with E-state index in [-0.39, 0.29) is 10.8 Å². The van der Waals surface area contributed by atoms with Crippen LogP contribution in [0.5, 0.6) is 5.75 Å². The van der Waals surface area contributed by atoms with Crippen LogP contribution in [0.25, 0.3) is 10.9 Å². The lowest BCUT2D eigenvalue weighted by molar-refractivity contribution is -0.274. The van der Waals surface area contributed by atoms with Gasteiger partial charge in [-0.3, -0.25) is 0 Å². The van der Waals surface area contributed by atoms with E-state index in [0.717, 1.165) is 6.42 Å². The number of pyridine rings is 1. The molecule has 4 aromatic rings. The molecule has 0 radical (unpaired) electrons. The predicted octanol–water partition coefficient (Wildman–Crippen LogP) is 4.36. The summed E-state index contributed by atoms with van der Waals surface area (Å²) in [4.78, 5) is 14.6. The molecule has 1 N–H and O–H groups in total. The Bertz CT molecular complexity index is 1430. The fourth-order valence-electron chi connectivity index (χ4n) is 4.59. The monoisotopic (exact) mass is 520 g/mol. The summed E-state index contributed by atoms with van der Waals surface area (Å²) in [5, 5.41) is 12.4. The molecule has 0 bridgehead atoms. The molecule has 0 aliphatic carbocycles. The molecule has 5 rings (SSSR count). The van der Waals surface area contributed by atoms with E-state index in [4.69, 9.17) is 11.6 Å². The Morgan fingerprint density at radius 2 is 1.58 bits per heavy atom. The number of rotatable bonds is 5. The van der Waals surface area contributed by atoms with Crippen LogP contribution in [0.2, 0.25) is 5.15 Å². The number of alkyl halides is 3. The van der Waals surface area contributed by atoms with Crippen molar-refractivity contribution in [1.82, 2.24) is 24.1 Å². The van der Waals surface area contributed by atoms with E-state index >= 15 is 0 Å². The highest BCUT2D eigenvalue weighted by Gasteiger charge is 2.41. The fourth-order valence-corrected chi connectivity index (χ4v) is 4.81. The highest BCUT2D eigenvalue weighted by atomic mass is 35.5. The molecule has 36 heavy (non-hydrogen) atoms. The highest BCUT2D eigenvalue weighted by molar-refractivity contribution is 6.32. The summed E-state index contributed by atoms with van der Waals surface area (Å²) < 4.78 is 47.8. The third kappa shape index (κ3) is 3.77. The number of aromatic nitrogens is 5. The Morgan fingerprint density at radius 1 is 1.00 bits per heavy atom. The van der Waals surface area contributed by atoms with Crippen LogP contribution >= 0.6 is 11.6 Å². The number of anilines is 1. The standard InChI is InChI=1S/C24H24ClF3N6O2/c1-13-29-11-18(32(13)3)23(35,19-12-30-14(2)33(19)4)15-6-7-17-16(10-15)20(34-8-5-9-34)21(22(25)31-17)36-24(26,27)28/h6-7,10-12,35H,5,8-9H2,1-4H3. The molecule has 1 fully saturated rings. The molecule has 12 heteroatoms. The van der Waals surface area contributed by atoms with Crippen LogP contribution in [-0.4, -0.2) is 48.6 Å². The smallest absolute Gasteiger partial charge is 0.400 e. The van der Waals surface area contributed by atoms with Crippen molar-refractivity contribution in [3.63, 3.8) is 0 Å². The predicted molar refractivity (Wildman–Crippen MR) is 128 cm³/mol.